The summed E-state index contributed by atoms with van der Waals surface area (Å²) in [6, 6.07) is 5.14. The lowest BCUT2D eigenvalue weighted by Crippen LogP contribution is -2.30. The minimum atomic E-state index is -3.61. The van der Waals surface area contributed by atoms with Crippen molar-refractivity contribution in [3.63, 3.8) is 0 Å². The second kappa shape index (κ2) is 7.70. The van der Waals surface area contributed by atoms with E-state index in [0.29, 0.717) is 11.2 Å². The van der Waals surface area contributed by atoms with Gasteiger partial charge in [0.15, 0.2) is 17.6 Å². The summed E-state index contributed by atoms with van der Waals surface area (Å²) in [4.78, 5) is 39.2. The van der Waals surface area contributed by atoms with Crippen molar-refractivity contribution in [2.45, 2.75) is 17.9 Å². The van der Waals surface area contributed by atoms with E-state index >= 15 is 0 Å². The highest BCUT2D eigenvalue weighted by atomic mass is 32.2. The summed E-state index contributed by atoms with van der Waals surface area (Å²) in [6.07, 6.45) is 1.54. The van der Waals surface area contributed by atoms with Crippen LogP contribution < -0.4 is 10.0 Å². The predicted octanol–water partition coefficient (Wildman–Crippen LogP) is 0.445. The predicted molar refractivity (Wildman–Crippen MR) is 97.9 cm³/mol. The maximum atomic E-state index is 12.3. The third kappa shape index (κ3) is 3.97. The molecule has 0 saturated carbocycles. The molecule has 11 nitrogen and oxygen atoms in total. The van der Waals surface area contributed by atoms with E-state index in [1.54, 1.807) is 0 Å². The zero-order chi connectivity index (χ0) is 20.3. The molecular weight excluding hydrogens is 388 g/mol. The van der Waals surface area contributed by atoms with Crippen molar-refractivity contribution in [1.29, 1.82) is 0 Å². The molecule has 3 aromatic rings. The van der Waals surface area contributed by atoms with Gasteiger partial charge in [-0.25, -0.2) is 32.9 Å². The number of fused-ring (bicyclic) bond motifs is 1. The number of aromatic nitrogens is 4. The monoisotopic (exact) mass is 404 g/mol. The number of benzene rings is 1. The number of amides is 1. The van der Waals surface area contributed by atoms with Crippen molar-refractivity contribution in [3.8, 4) is 0 Å². The van der Waals surface area contributed by atoms with Gasteiger partial charge in [0.05, 0.1) is 16.8 Å². The van der Waals surface area contributed by atoms with Gasteiger partial charge in [-0.3, -0.25) is 4.79 Å². The third-order valence-corrected chi connectivity index (χ3v) is 5.22. The maximum Gasteiger partial charge on any atom is 0.338 e. The molecule has 1 unspecified atom stereocenters. The number of sulfonamides is 1. The molecule has 0 spiro atoms. The second-order valence-corrected chi connectivity index (χ2v) is 7.48. The molecule has 2 heterocycles. The Hall–Kier alpha value is -3.38. The summed E-state index contributed by atoms with van der Waals surface area (Å²) in [5, 5.41) is 2.54. The lowest BCUT2D eigenvalue weighted by atomic mass is 10.2. The highest BCUT2D eigenvalue weighted by Crippen LogP contribution is 2.16. The van der Waals surface area contributed by atoms with Crippen molar-refractivity contribution < 1.29 is 22.7 Å². The van der Waals surface area contributed by atoms with Crippen molar-refractivity contribution in [3.05, 3.63) is 42.5 Å². The number of hydrogen-bond donors (Lipinski definition) is 3. The smallest absolute Gasteiger partial charge is 0.338 e. The van der Waals surface area contributed by atoms with Gasteiger partial charge >= 0.3 is 5.97 Å². The maximum absolute atomic E-state index is 12.3. The zero-order valence-corrected chi connectivity index (χ0v) is 15.6. The van der Waals surface area contributed by atoms with Crippen molar-refractivity contribution >= 4 is 38.9 Å². The van der Waals surface area contributed by atoms with Gasteiger partial charge in [0.25, 0.3) is 5.91 Å². The number of nitrogens with zero attached hydrogens (tertiary/aromatic N) is 3. The SMILES string of the molecule is CNS(=O)(=O)c1ccc(C(=O)OC(C)C(=O)Nc2ncnc3nc[nH]c23)cc1. The minimum Gasteiger partial charge on any atom is -0.449 e. The molecule has 1 amide bonds. The standard InChI is InChI=1S/C16H16N6O5S/c1-9(15(23)22-14-12-13(19-7-18-12)20-8-21-14)27-16(24)10-3-5-11(6-4-10)28(25,26)17-2/h3-9,17H,1-2H3,(H2,18,19,20,21,22,23). The van der Waals surface area contributed by atoms with Crippen LogP contribution in [0.15, 0.2) is 41.8 Å². The Morgan fingerprint density at radius 2 is 1.86 bits per heavy atom. The van der Waals surface area contributed by atoms with Crippen LogP contribution in [0.1, 0.15) is 17.3 Å². The molecular formula is C16H16N6O5S. The quantitative estimate of drug-likeness (QED) is 0.500. The fourth-order valence-electron chi connectivity index (χ4n) is 2.25. The summed E-state index contributed by atoms with van der Waals surface area (Å²) >= 11 is 0. The van der Waals surface area contributed by atoms with Gasteiger partial charge in [0.2, 0.25) is 10.0 Å². The van der Waals surface area contributed by atoms with E-state index in [9.17, 15) is 18.0 Å². The first kappa shape index (κ1) is 19.4. The third-order valence-electron chi connectivity index (χ3n) is 3.79. The molecule has 1 aromatic carbocycles. The van der Waals surface area contributed by atoms with Crippen molar-refractivity contribution in [2.24, 2.45) is 0 Å². The van der Waals surface area contributed by atoms with Crippen LogP contribution in [0.3, 0.4) is 0 Å². The number of H-pyrrole nitrogens is 1. The lowest BCUT2D eigenvalue weighted by molar-refractivity contribution is -0.123. The van der Waals surface area contributed by atoms with E-state index in [1.807, 2.05) is 0 Å². The number of nitrogens with one attached hydrogen (secondary N) is 3. The number of rotatable bonds is 6. The molecule has 3 rings (SSSR count). The first-order valence-electron chi connectivity index (χ1n) is 8.01. The highest BCUT2D eigenvalue weighted by Gasteiger charge is 2.21. The van der Waals surface area contributed by atoms with Crippen LogP contribution in [-0.4, -0.2) is 53.4 Å². The molecule has 3 N–H and O–H groups in total. The molecule has 28 heavy (non-hydrogen) atoms. The van der Waals surface area contributed by atoms with Gasteiger partial charge in [-0.05, 0) is 38.2 Å². The number of esters is 1. The molecule has 0 fully saturated rings. The Kier molecular flexibility index (Phi) is 5.33. The lowest BCUT2D eigenvalue weighted by Gasteiger charge is -2.13. The summed E-state index contributed by atoms with van der Waals surface area (Å²) in [5.41, 5.74) is 0.926. The number of hydrogen-bond acceptors (Lipinski definition) is 8. The van der Waals surface area contributed by atoms with E-state index in [0.717, 1.165) is 0 Å². The molecule has 2 aromatic heterocycles. The number of ether oxygens (including phenoxy) is 1. The van der Waals surface area contributed by atoms with Crippen LogP contribution in [0, 0.1) is 0 Å². The summed E-state index contributed by atoms with van der Waals surface area (Å²) in [5.74, 6) is -1.17. The van der Waals surface area contributed by atoms with Gasteiger partial charge in [-0.1, -0.05) is 0 Å². The number of aromatic amines is 1. The average molecular weight is 404 g/mol. The summed E-state index contributed by atoms with van der Waals surface area (Å²) in [7, 11) is -2.33. The van der Waals surface area contributed by atoms with Crippen molar-refractivity contribution in [1.82, 2.24) is 24.7 Å². The summed E-state index contributed by atoms with van der Waals surface area (Å²) in [6.45, 7) is 1.40. The minimum absolute atomic E-state index is 0.00433. The summed E-state index contributed by atoms with van der Waals surface area (Å²) < 4.78 is 30.7. The Labute approximate surface area is 159 Å². The molecule has 12 heteroatoms. The van der Waals surface area contributed by atoms with Crippen LogP contribution in [-0.2, 0) is 19.6 Å². The van der Waals surface area contributed by atoms with Gasteiger partial charge in [0, 0.05) is 0 Å². The van der Waals surface area contributed by atoms with Gasteiger partial charge in [-0.15, -0.1) is 0 Å². The highest BCUT2D eigenvalue weighted by molar-refractivity contribution is 7.89. The number of anilines is 1. The number of imidazole rings is 1. The molecule has 0 aliphatic carbocycles. The van der Waals surface area contributed by atoms with Gasteiger partial charge < -0.3 is 15.0 Å². The Morgan fingerprint density at radius 1 is 1.14 bits per heavy atom. The molecule has 146 valence electrons. The van der Waals surface area contributed by atoms with Crippen LogP contribution >= 0.6 is 0 Å². The topological polar surface area (TPSA) is 156 Å². The van der Waals surface area contributed by atoms with E-state index in [1.165, 1.54) is 50.9 Å². The first-order valence-corrected chi connectivity index (χ1v) is 9.49. The van der Waals surface area contributed by atoms with Gasteiger partial charge in [-0.2, -0.15) is 0 Å². The van der Waals surface area contributed by atoms with Crippen molar-refractivity contribution in [2.75, 3.05) is 12.4 Å². The first-order chi connectivity index (χ1) is 13.3. The largest absolute Gasteiger partial charge is 0.449 e. The fraction of sp³-hybridized carbons (Fsp3) is 0.188. The van der Waals surface area contributed by atoms with E-state index in [2.05, 4.69) is 30.0 Å². The van der Waals surface area contributed by atoms with E-state index in [-0.39, 0.29) is 16.3 Å². The van der Waals surface area contributed by atoms with E-state index < -0.39 is 28.0 Å². The second-order valence-electron chi connectivity index (χ2n) is 5.59. The Balaban J connectivity index is 1.66. The normalized spacial score (nSPS) is 12.5. The average Bonchev–Trinajstić information content (AvgIpc) is 3.17. The van der Waals surface area contributed by atoms with E-state index in [4.69, 9.17) is 4.74 Å². The Morgan fingerprint density at radius 3 is 2.54 bits per heavy atom. The molecule has 1 atom stereocenters. The molecule has 0 bridgehead atoms. The molecule has 0 saturated heterocycles. The van der Waals surface area contributed by atoms with Crippen LogP contribution in [0.5, 0.6) is 0 Å². The van der Waals surface area contributed by atoms with Crippen LogP contribution in [0.4, 0.5) is 5.82 Å². The Bertz CT molecular complexity index is 1130. The zero-order valence-electron chi connectivity index (χ0n) is 14.8. The number of carbonyl (C=O) groups is 2. The fourth-order valence-corrected chi connectivity index (χ4v) is 2.98. The van der Waals surface area contributed by atoms with Crippen LogP contribution in [0.25, 0.3) is 11.2 Å². The molecule has 0 aliphatic heterocycles. The molecule has 0 aliphatic rings. The van der Waals surface area contributed by atoms with Crippen LogP contribution in [0.2, 0.25) is 0 Å². The van der Waals surface area contributed by atoms with Gasteiger partial charge in [0.1, 0.15) is 11.8 Å². The number of carbonyl (C=O) groups excluding carboxylic acids is 2. The molecule has 0 radical (unpaired) electrons.